The fraction of sp³-hybridized carbons (Fsp3) is 0.429. The van der Waals surface area contributed by atoms with Crippen LogP contribution < -0.4 is 0 Å². The van der Waals surface area contributed by atoms with E-state index in [2.05, 4.69) is 30.6 Å². The molecule has 0 aliphatic heterocycles. The summed E-state index contributed by atoms with van der Waals surface area (Å²) in [5, 5.41) is 0. The molecule has 1 aromatic heterocycles. The van der Waals surface area contributed by atoms with E-state index in [4.69, 9.17) is 0 Å². The number of hydrogen-bond acceptors (Lipinski definition) is 3. The first-order chi connectivity index (χ1) is 5.69. The molecule has 66 valence electrons. The molecule has 0 bridgehead atoms. The SMILES string of the molecule is CCc1[nH]c(Br)nc1C(=O)OC. The molecule has 0 atom stereocenters. The molecule has 1 N–H and O–H groups in total. The largest absolute Gasteiger partial charge is 0.464 e. The number of ether oxygens (including phenoxy) is 1. The quantitative estimate of drug-likeness (QED) is 0.788. The van der Waals surface area contributed by atoms with Gasteiger partial charge >= 0.3 is 5.97 Å². The summed E-state index contributed by atoms with van der Waals surface area (Å²) in [5.41, 5.74) is 1.14. The lowest BCUT2D eigenvalue weighted by Crippen LogP contribution is -2.04. The van der Waals surface area contributed by atoms with E-state index in [0.717, 1.165) is 12.1 Å². The molecule has 0 aliphatic carbocycles. The summed E-state index contributed by atoms with van der Waals surface area (Å²) in [7, 11) is 1.34. The monoisotopic (exact) mass is 232 g/mol. The van der Waals surface area contributed by atoms with Gasteiger partial charge in [0.05, 0.1) is 12.8 Å². The number of halogens is 1. The van der Waals surface area contributed by atoms with E-state index in [1.807, 2.05) is 6.92 Å². The van der Waals surface area contributed by atoms with Gasteiger partial charge in [0.1, 0.15) is 0 Å². The zero-order valence-electron chi connectivity index (χ0n) is 6.85. The molecule has 0 amide bonds. The normalized spacial score (nSPS) is 9.92. The number of rotatable bonds is 2. The number of aromatic nitrogens is 2. The van der Waals surface area contributed by atoms with E-state index in [-0.39, 0.29) is 0 Å². The number of H-pyrrole nitrogens is 1. The minimum atomic E-state index is -0.409. The first kappa shape index (κ1) is 9.25. The van der Waals surface area contributed by atoms with E-state index in [9.17, 15) is 4.79 Å². The van der Waals surface area contributed by atoms with Crippen LogP contribution in [0.5, 0.6) is 0 Å². The van der Waals surface area contributed by atoms with Crippen LogP contribution in [0, 0.1) is 0 Å². The van der Waals surface area contributed by atoms with Crippen LogP contribution in [-0.2, 0) is 11.2 Å². The highest BCUT2D eigenvalue weighted by Gasteiger charge is 2.15. The van der Waals surface area contributed by atoms with Gasteiger partial charge in [-0.1, -0.05) is 6.92 Å². The summed E-state index contributed by atoms with van der Waals surface area (Å²) in [6, 6.07) is 0. The number of esters is 1. The lowest BCUT2D eigenvalue weighted by Gasteiger charge is -1.95. The van der Waals surface area contributed by atoms with Crippen molar-refractivity contribution in [2.75, 3.05) is 7.11 Å². The average molecular weight is 233 g/mol. The molecule has 1 heterocycles. The number of methoxy groups -OCH3 is 1. The fourth-order valence-corrected chi connectivity index (χ4v) is 1.32. The highest BCUT2D eigenvalue weighted by Crippen LogP contribution is 2.12. The second-order valence-corrected chi connectivity index (χ2v) is 2.95. The van der Waals surface area contributed by atoms with Gasteiger partial charge in [-0.2, -0.15) is 0 Å². The molecule has 1 rings (SSSR count). The van der Waals surface area contributed by atoms with Crippen molar-refractivity contribution >= 4 is 21.9 Å². The molecule has 0 aromatic carbocycles. The van der Waals surface area contributed by atoms with Gasteiger partial charge in [-0.25, -0.2) is 9.78 Å². The van der Waals surface area contributed by atoms with Crippen LogP contribution in [0.1, 0.15) is 23.1 Å². The van der Waals surface area contributed by atoms with Crippen molar-refractivity contribution in [3.63, 3.8) is 0 Å². The zero-order valence-corrected chi connectivity index (χ0v) is 8.43. The third kappa shape index (κ3) is 1.66. The van der Waals surface area contributed by atoms with Crippen LogP contribution >= 0.6 is 15.9 Å². The first-order valence-electron chi connectivity index (χ1n) is 3.51. The summed E-state index contributed by atoms with van der Waals surface area (Å²) >= 11 is 3.15. The maximum absolute atomic E-state index is 11.1. The van der Waals surface area contributed by atoms with Gasteiger partial charge in [0.15, 0.2) is 10.4 Å². The number of aromatic amines is 1. The second-order valence-electron chi connectivity index (χ2n) is 2.20. The minimum Gasteiger partial charge on any atom is -0.464 e. The van der Waals surface area contributed by atoms with E-state index >= 15 is 0 Å². The number of hydrogen-bond donors (Lipinski definition) is 1. The van der Waals surface area contributed by atoms with Crippen molar-refractivity contribution < 1.29 is 9.53 Å². The highest BCUT2D eigenvalue weighted by molar-refractivity contribution is 9.10. The molecule has 12 heavy (non-hydrogen) atoms. The second kappa shape index (κ2) is 3.71. The van der Waals surface area contributed by atoms with E-state index in [1.165, 1.54) is 7.11 Å². The predicted molar refractivity (Wildman–Crippen MR) is 47.0 cm³/mol. The van der Waals surface area contributed by atoms with Gasteiger partial charge in [0.25, 0.3) is 0 Å². The Morgan fingerprint density at radius 2 is 2.42 bits per heavy atom. The summed E-state index contributed by atoms with van der Waals surface area (Å²) in [6.45, 7) is 1.94. The maximum Gasteiger partial charge on any atom is 0.358 e. The van der Waals surface area contributed by atoms with Crippen LogP contribution in [0.2, 0.25) is 0 Å². The molecule has 0 aliphatic rings. The van der Waals surface area contributed by atoms with Gasteiger partial charge in [-0.05, 0) is 22.4 Å². The Morgan fingerprint density at radius 1 is 1.75 bits per heavy atom. The number of nitrogens with zero attached hydrogens (tertiary/aromatic N) is 1. The van der Waals surface area contributed by atoms with Gasteiger partial charge in [0.2, 0.25) is 0 Å². The number of carbonyl (C=O) groups excluding carboxylic acids is 1. The number of aryl methyl sites for hydroxylation is 1. The third-order valence-corrected chi connectivity index (χ3v) is 1.86. The number of imidazole rings is 1. The Bertz CT molecular complexity index is 296. The van der Waals surface area contributed by atoms with Gasteiger partial charge in [0, 0.05) is 0 Å². The van der Waals surface area contributed by atoms with Crippen molar-refractivity contribution in [3.8, 4) is 0 Å². The molecule has 0 unspecified atom stereocenters. The smallest absolute Gasteiger partial charge is 0.358 e. The van der Waals surface area contributed by atoms with Gasteiger partial charge < -0.3 is 9.72 Å². The van der Waals surface area contributed by atoms with Crippen molar-refractivity contribution in [1.82, 2.24) is 9.97 Å². The van der Waals surface area contributed by atoms with E-state index in [0.29, 0.717) is 10.4 Å². The van der Waals surface area contributed by atoms with Gasteiger partial charge in [-0.3, -0.25) is 0 Å². The highest BCUT2D eigenvalue weighted by atomic mass is 79.9. The first-order valence-corrected chi connectivity index (χ1v) is 4.31. The van der Waals surface area contributed by atoms with Crippen LogP contribution in [0.15, 0.2) is 4.73 Å². The zero-order chi connectivity index (χ0) is 9.14. The third-order valence-electron chi connectivity index (χ3n) is 1.48. The fourth-order valence-electron chi connectivity index (χ4n) is 0.899. The Balaban J connectivity index is 3.04. The molecule has 0 saturated carbocycles. The summed E-state index contributed by atoms with van der Waals surface area (Å²) in [6.07, 6.45) is 0.725. The number of nitrogens with one attached hydrogen (secondary N) is 1. The maximum atomic E-state index is 11.1. The Hall–Kier alpha value is -0.840. The van der Waals surface area contributed by atoms with E-state index < -0.39 is 5.97 Å². The van der Waals surface area contributed by atoms with Crippen LogP contribution in [0.25, 0.3) is 0 Å². The van der Waals surface area contributed by atoms with Crippen molar-refractivity contribution in [3.05, 3.63) is 16.1 Å². The average Bonchev–Trinajstić information content (AvgIpc) is 2.45. The number of carbonyl (C=O) groups is 1. The molecule has 0 fully saturated rings. The topological polar surface area (TPSA) is 55.0 Å². The summed E-state index contributed by atoms with van der Waals surface area (Å²) < 4.78 is 5.11. The summed E-state index contributed by atoms with van der Waals surface area (Å²) in [4.78, 5) is 17.9. The van der Waals surface area contributed by atoms with Crippen molar-refractivity contribution in [2.24, 2.45) is 0 Å². The lowest BCUT2D eigenvalue weighted by molar-refractivity contribution is 0.0593. The molecule has 0 spiro atoms. The Labute approximate surface area is 78.5 Å². The van der Waals surface area contributed by atoms with Gasteiger partial charge in [-0.15, -0.1) is 0 Å². The lowest BCUT2D eigenvalue weighted by atomic mass is 10.3. The molecular formula is C7H9BrN2O2. The molecule has 4 nitrogen and oxygen atoms in total. The molecular weight excluding hydrogens is 224 g/mol. The van der Waals surface area contributed by atoms with Crippen LogP contribution in [-0.4, -0.2) is 23.0 Å². The predicted octanol–water partition coefficient (Wildman–Crippen LogP) is 1.52. The van der Waals surface area contributed by atoms with Crippen molar-refractivity contribution in [1.29, 1.82) is 0 Å². The Morgan fingerprint density at radius 3 is 2.92 bits per heavy atom. The molecule has 0 saturated heterocycles. The van der Waals surface area contributed by atoms with Crippen LogP contribution in [0.3, 0.4) is 0 Å². The van der Waals surface area contributed by atoms with Crippen molar-refractivity contribution in [2.45, 2.75) is 13.3 Å². The van der Waals surface area contributed by atoms with E-state index in [1.54, 1.807) is 0 Å². The minimum absolute atomic E-state index is 0.354. The Kier molecular flexibility index (Phi) is 2.86. The molecule has 0 radical (unpaired) electrons. The summed E-state index contributed by atoms with van der Waals surface area (Å²) in [5.74, 6) is -0.409. The standard InChI is InChI=1S/C7H9BrN2O2/c1-3-4-5(6(11)12-2)10-7(8)9-4/h3H2,1-2H3,(H,9,10). The molecule has 1 aromatic rings. The molecule has 5 heteroatoms. The van der Waals surface area contributed by atoms with Crippen LogP contribution in [0.4, 0.5) is 0 Å².